The Morgan fingerprint density at radius 1 is 1.13 bits per heavy atom. The number of amides is 3. The fraction of sp³-hybridized carbons (Fsp3) is 0.455. The minimum absolute atomic E-state index is 0.0495. The first-order chi connectivity index (χ1) is 14.7. The van der Waals surface area contributed by atoms with Crippen LogP contribution in [0.5, 0.6) is 0 Å². The Labute approximate surface area is 189 Å². The number of imide groups is 1. The Hall–Kier alpha value is -2.38. The smallest absolute Gasteiger partial charge is 0.330 e. The number of anilines is 1. The lowest BCUT2D eigenvalue weighted by atomic mass is 9.85. The molecule has 0 spiro atoms. The van der Waals surface area contributed by atoms with Gasteiger partial charge in [0.1, 0.15) is 6.04 Å². The first-order valence-electron chi connectivity index (χ1n) is 10.2. The van der Waals surface area contributed by atoms with Gasteiger partial charge in [-0.3, -0.25) is 19.3 Å². The normalized spacial score (nSPS) is 27.1. The fourth-order valence-corrected chi connectivity index (χ4v) is 5.21. The minimum Gasteiger partial charge on any atom is -0.454 e. The molecule has 3 aliphatic rings. The van der Waals surface area contributed by atoms with E-state index in [1.54, 1.807) is 19.9 Å². The molecule has 1 saturated carbocycles. The summed E-state index contributed by atoms with van der Waals surface area (Å²) in [6, 6.07) is 3.51. The predicted molar refractivity (Wildman–Crippen MR) is 114 cm³/mol. The molecule has 1 heterocycles. The second-order valence-corrected chi connectivity index (χ2v) is 9.36. The summed E-state index contributed by atoms with van der Waals surface area (Å²) in [7, 11) is 0. The van der Waals surface area contributed by atoms with Crippen LogP contribution < -0.4 is 5.32 Å². The highest BCUT2D eigenvalue weighted by Crippen LogP contribution is 2.53. The standard InChI is InChI=1S/C22H22Cl2N2O5/c1-10(2)19(26-20(28)17-11-3-4-12(7-11)18(17)21(26)29)22(30)31-9-16(27)25-15-8-13(23)5-6-14(15)24/h3-6,8,10-12,17-19H,7,9H2,1-2H3,(H,25,27)/t11-,12-,17-,18-,19+/m0/s1. The largest absolute Gasteiger partial charge is 0.454 e. The number of esters is 1. The molecule has 0 aromatic heterocycles. The van der Waals surface area contributed by atoms with E-state index in [-0.39, 0.29) is 40.3 Å². The van der Waals surface area contributed by atoms with Gasteiger partial charge in [-0.25, -0.2) is 4.79 Å². The summed E-state index contributed by atoms with van der Waals surface area (Å²) >= 11 is 11.9. The van der Waals surface area contributed by atoms with Gasteiger partial charge in [-0.05, 0) is 42.4 Å². The van der Waals surface area contributed by atoms with E-state index in [0.717, 1.165) is 11.3 Å². The van der Waals surface area contributed by atoms with Crippen LogP contribution in [-0.4, -0.2) is 41.2 Å². The van der Waals surface area contributed by atoms with Crippen molar-refractivity contribution in [3.63, 3.8) is 0 Å². The molecule has 31 heavy (non-hydrogen) atoms. The van der Waals surface area contributed by atoms with Crippen LogP contribution in [0.3, 0.4) is 0 Å². The highest BCUT2D eigenvalue weighted by Gasteiger charge is 2.61. The number of likely N-dealkylation sites (tertiary alicyclic amines) is 1. The Morgan fingerprint density at radius 3 is 2.32 bits per heavy atom. The molecular formula is C22H22Cl2N2O5. The van der Waals surface area contributed by atoms with Crippen molar-refractivity contribution in [1.82, 2.24) is 4.90 Å². The summed E-state index contributed by atoms with van der Waals surface area (Å²) in [6.07, 6.45) is 4.80. The van der Waals surface area contributed by atoms with Crippen LogP contribution >= 0.6 is 23.2 Å². The van der Waals surface area contributed by atoms with Gasteiger partial charge in [-0.2, -0.15) is 0 Å². The lowest BCUT2D eigenvalue weighted by Crippen LogP contribution is -2.50. The summed E-state index contributed by atoms with van der Waals surface area (Å²) in [5, 5.41) is 3.20. The molecule has 1 aromatic rings. The molecule has 4 rings (SSSR count). The van der Waals surface area contributed by atoms with Crippen LogP contribution in [-0.2, 0) is 23.9 Å². The van der Waals surface area contributed by atoms with Crippen molar-refractivity contribution in [2.45, 2.75) is 26.3 Å². The number of rotatable bonds is 6. The average molecular weight is 465 g/mol. The highest BCUT2D eigenvalue weighted by atomic mass is 35.5. The van der Waals surface area contributed by atoms with Crippen molar-refractivity contribution in [3.05, 3.63) is 40.4 Å². The Balaban J connectivity index is 1.43. The second kappa shape index (κ2) is 8.28. The Morgan fingerprint density at radius 2 is 1.74 bits per heavy atom. The van der Waals surface area contributed by atoms with E-state index in [1.807, 2.05) is 12.2 Å². The number of halogens is 2. The SMILES string of the molecule is CC(C)[C@H](C(=O)OCC(=O)Nc1cc(Cl)ccc1Cl)N1C(=O)[C@@H]2[C@@H](C1=O)[C@H]1C=C[C@H]2C1. The van der Waals surface area contributed by atoms with Gasteiger partial charge < -0.3 is 10.1 Å². The second-order valence-electron chi connectivity index (χ2n) is 8.52. The number of nitrogens with one attached hydrogen (secondary N) is 1. The monoisotopic (exact) mass is 464 g/mol. The summed E-state index contributed by atoms with van der Waals surface area (Å²) in [5.74, 6) is -3.11. The summed E-state index contributed by atoms with van der Waals surface area (Å²) in [6.45, 7) is 2.89. The van der Waals surface area contributed by atoms with Crippen LogP contribution in [0.2, 0.25) is 10.0 Å². The van der Waals surface area contributed by atoms with Gasteiger partial charge in [0.25, 0.3) is 5.91 Å². The molecule has 1 aromatic carbocycles. The van der Waals surface area contributed by atoms with Crippen molar-refractivity contribution < 1.29 is 23.9 Å². The van der Waals surface area contributed by atoms with Crippen LogP contribution in [0.1, 0.15) is 20.3 Å². The lowest BCUT2D eigenvalue weighted by molar-refractivity contribution is -0.162. The van der Waals surface area contributed by atoms with Crippen LogP contribution in [0, 0.1) is 29.6 Å². The van der Waals surface area contributed by atoms with E-state index in [1.165, 1.54) is 12.1 Å². The maximum Gasteiger partial charge on any atom is 0.330 e. The van der Waals surface area contributed by atoms with Gasteiger partial charge in [-0.1, -0.05) is 49.2 Å². The zero-order chi connectivity index (χ0) is 22.4. The molecule has 5 atom stereocenters. The topological polar surface area (TPSA) is 92.8 Å². The molecule has 7 nitrogen and oxygen atoms in total. The number of hydrogen-bond acceptors (Lipinski definition) is 5. The summed E-state index contributed by atoms with van der Waals surface area (Å²) in [5.41, 5.74) is 0.288. The van der Waals surface area contributed by atoms with Crippen molar-refractivity contribution in [2.75, 3.05) is 11.9 Å². The lowest BCUT2D eigenvalue weighted by Gasteiger charge is -2.28. The van der Waals surface area contributed by atoms with Gasteiger partial charge in [0.15, 0.2) is 6.61 Å². The molecule has 1 aliphatic heterocycles. The van der Waals surface area contributed by atoms with E-state index in [9.17, 15) is 19.2 Å². The number of benzene rings is 1. The van der Waals surface area contributed by atoms with Gasteiger partial charge in [0.05, 0.1) is 22.5 Å². The maximum absolute atomic E-state index is 13.0. The maximum atomic E-state index is 13.0. The number of carbonyl (C=O) groups excluding carboxylic acids is 4. The van der Waals surface area contributed by atoms with Crippen molar-refractivity contribution in [3.8, 4) is 0 Å². The van der Waals surface area contributed by atoms with Gasteiger partial charge in [0.2, 0.25) is 11.8 Å². The fourth-order valence-electron chi connectivity index (χ4n) is 4.88. The van der Waals surface area contributed by atoms with E-state index >= 15 is 0 Å². The van der Waals surface area contributed by atoms with Crippen LogP contribution in [0.25, 0.3) is 0 Å². The third-order valence-electron chi connectivity index (χ3n) is 6.20. The Bertz CT molecular complexity index is 962. The van der Waals surface area contributed by atoms with Gasteiger partial charge >= 0.3 is 5.97 Å². The van der Waals surface area contributed by atoms with Crippen molar-refractivity contribution in [2.24, 2.45) is 29.6 Å². The number of fused-ring (bicyclic) bond motifs is 5. The highest BCUT2D eigenvalue weighted by molar-refractivity contribution is 6.35. The molecular weight excluding hydrogens is 443 g/mol. The molecule has 3 amide bonds. The van der Waals surface area contributed by atoms with Crippen LogP contribution in [0.15, 0.2) is 30.4 Å². The number of hydrogen-bond donors (Lipinski definition) is 1. The summed E-state index contributed by atoms with van der Waals surface area (Å²) < 4.78 is 5.18. The molecule has 1 saturated heterocycles. The van der Waals surface area contributed by atoms with Crippen molar-refractivity contribution >= 4 is 52.6 Å². The zero-order valence-corrected chi connectivity index (χ0v) is 18.5. The van der Waals surface area contributed by atoms with E-state index in [4.69, 9.17) is 27.9 Å². The van der Waals surface area contributed by atoms with E-state index in [2.05, 4.69) is 5.32 Å². The molecule has 2 bridgehead atoms. The predicted octanol–water partition coefficient (Wildman–Crippen LogP) is 3.31. The molecule has 0 radical (unpaired) electrons. The number of nitrogens with zero attached hydrogens (tertiary/aromatic N) is 1. The van der Waals surface area contributed by atoms with Gasteiger partial charge in [0, 0.05) is 5.02 Å². The molecule has 2 fully saturated rings. The van der Waals surface area contributed by atoms with Gasteiger partial charge in [-0.15, -0.1) is 0 Å². The van der Waals surface area contributed by atoms with Crippen LogP contribution in [0.4, 0.5) is 5.69 Å². The number of allylic oxidation sites excluding steroid dienone is 2. The molecule has 0 unspecified atom stereocenters. The Kier molecular flexibility index (Phi) is 5.83. The average Bonchev–Trinajstić information content (AvgIpc) is 3.39. The first kappa shape index (κ1) is 21.8. The number of carbonyl (C=O) groups is 4. The molecule has 2 aliphatic carbocycles. The third-order valence-corrected chi connectivity index (χ3v) is 6.77. The summed E-state index contributed by atoms with van der Waals surface area (Å²) in [4.78, 5) is 52.2. The zero-order valence-electron chi connectivity index (χ0n) is 17.0. The van der Waals surface area contributed by atoms with Crippen molar-refractivity contribution in [1.29, 1.82) is 0 Å². The first-order valence-corrected chi connectivity index (χ1v) is 10.9. The molecule has 1 N–H and O–H groups in total. The minimum atomic E-state index is -1.08. The third kappa shape index (κ3) is 3.85. The quantitative estimate of drug-likeness (QED) is 0.396. The number of ether oxygens (including phenoxy) is 1. The van der Waals surface area contributed by atoms with E-state index in [0.29, 0.717) is 5.02 Å². The molecule has 9 heteroatoms. The molecule has 164 valence electrons. The van der Waals surface area contributed by atoms with E-state index < -0.39 is 36.4 Å².